The van der Waals surface area contributed by atoms with Crippen molar-refractivity contribution in [3.63, 3.8) is 0 Å². The normalized spacial score (nSPS) is 15.2. The summed E-state index contributed by atoms with van der Waals surface area (Å²) in [6, 6.07) is 12.8. The van der Waals surface area contributed by atoms with Crippen molar-refractivity contribution in [2.75, 3.05) is 26.4 Å². The number of unbranched alkanes of at least 4 members (excludes halogenated alkanes) is 1. The van der Waals surface area contributed by atoms with Crippen molar-refractivity contribution in [3.8, 4) is 16.2 Å². The van der Waals surface area contributed by atoms with Gasteiger partial charge in [0, 0.05) is 19.7 Å². The number of aromatic carboxylic acids is 1. The Bertz CT molecular complexity index is 1520. The van der Waals surface area contributed by atoms with Gasteiger partial charge in [0.2, 0.25) is 17.7 Å². The number of hydrogen-bond donors (Lipinski definition) is 3. The van der Waals surface area contributed by atoms with Gasteiger partial charge in [-0.3, -0.25) is 14.4 Å². The zero-order valence-corrected chi connectivity index (χ0v) is 28.2. The van der Waals surface area contributed by atoms with Gasteiger partial charge in [0.05, 0.1) is 28.3 Å². The second-order valence-electron chi connectivity index (χ2n) is 12.7. The van der Waals surface area contributed by atoms with Gasteiger partial charge in [-0.15, -0.1) is 11.3 Å². The molecule has 2 aromatic carbocycles. The number of carboxylic acids is 1. The number of aryl methyl sites for hydroxylation is 1. The third-order valence-corrected chi connectivity index (χ3v) is 8.95. The van der Waals surface area contributed by atoms with Crippen molar-refractivity contribution in [1.82, 2.24) is 20.5 Å². The number of hydrogen-bond acceptors (Lipinski definition) is 8. The van der Waals surface area contributed by atoms with Crippen LogP contribution in [0.1, 0.15) is 68.1 Å². The number of carbonyl (C=O) groups excluding carboxylic acids is 3. The van der Waals surface area contributed by atoms with E-state index >= 15 is 0 Å². The Labute approximate surface area is 279 Å². The van der Waals surface area contributed by atoms with Crippen LogP contribution in [-0.4, -0.2) is 77.1 Å². The minimum absolute atomic E-state index is 0.192. The van der Waals surface area contributed by atoms with Crippen molar-refractivity contribution >= 4 is 35.0 Å². The zero-order valence-electron chi connectivity index (χ0n) is 27.4. The summed E-state index contributed by atoms with van der Waals surface area (Å²) in [5.41, 5.74) is 4.47. The lowest BCUT2D eigenvalue weighted by Crippen LogP contribution is -2.58. The monoisotopic (exact) mass is 664 g/mol. The lowest BCUT2D eigenvalue weighted by Gasteiger charge is -2.35. The molecule has 0 aliphatic carbocycles. The Hall–Kier alpha value is -4.29. The quantitative estimate of drug-likeness (QED) is 0.196. The highest BCUT2D eigenvalue weighted by Gasteiger charge is 2.41. The summed E-state index contributed by atoms with van der Waals surface area (Å²) in [6.07, 6.45) is 2.61. The first-order chi connectivity index (χ1) is 22.4. The Kier molecular flexibility index (Phi) is 12.5. The van der Waals surface area contributed by atoms with E-state index in [0.717, 1.165) is 21.7 Å². The first kappa shape index (κ1) is 35.6. The maximum atomic E-state index is 13.8. The molecule has 12 heteroatoms. The highest BCUT2D eigenvalue weighted by molar-refractivity contribution is 7.13. The zero-order chi connectivity index (χ0) is 34.0. The van der Waals surface area contributed by atoms with E-state index in [1.54, 1.807) is 28.4 Å². The second kappa shape index (κ2) is 16.5. The first-order valence-corrected chi connectivity index (χ1v) is 16.7. The number of aromatic nitrogens is 1. The molecule has 0 unspecified atom stereocenters. The highest BCUT2D eigenvalue weighted by atomic mass is 32.1. The molecule has 3 aromatic rings. The van der Waals surface area contributed by atoms with Gasteiger partial charge >= 0.3 is 5.97 Å². The number of nitrogens with one attached hydrogen (secondary N) is 2. The third-order valence-electron chi connectivity index (χ3n) is 7.97. The molecule has 3 amide bonds. The van der Waals surface area contributed by atoms with Crippen LogP contribution in [0.4, 0.5) is 0 Å². The van der Waals surface area contributed by atoms with E-state index in [0.29, 0.717) is 57.7 Å². The lowest BCUT2D eigenvalue weighted by molar-refractivity contribution is -0.144. The molecule has 1 aromatic heterocycles. The van der Waals surface area contributed by atoms with E-state index in [1.807, 2.05) is 57.5 Å². The molecular weight excluding hydrogens is 620 g/mol. The molecule has 3 N–H and O–H groups in total. The fourth-order valence-electron chi connectivity index (χ4n) is 5.33. The van der Waals surface area contributed by atoms with Crippen molar-refractivity contribution in [2.45, 2.75) is 72.0 Å². The number of carboxylic acid groups (broad SMARTS) is 1. The Morgan fingerprint density at radius 2 is 1.74 bits per heavy atom. The van der Waals surface area contributed by atoms with Gasteiger partial charge in [0.15, 0.2) is 0 Å². The fraction of sp³-hybridized carbons (Fsp3) is 0.457. The van der Waals surface area contributed by atoms with Gasteiger partial charge in [-0.05, 0) is 73.4 Å². The number of nitrogens with zero attached hydrogens (tertiary/aromatic N) is 2. The smallest absolute Gasteiger partial charge is 0.335 e. The average molecular weight is 665 g/mol. The van der Waals surface area contributed by atoms with Crippen LogP contribution in [0.15, 0.2) is 54.0 Å². The van der Waals surface area contributed by atoms with Gasteiger partial charge in [0.25, 0.3) is 0 Å². The standard InChI is InChI=1S/C35H44N4O7S/c1-23-30(47-22-37-23)25-11-9-24(10-12-25)20-36-32(41)28-8-7-17-39(28)33(42)31(35(2,3)4)38-29(40)21-45-18-5-6-19-46-27-15-13-26(14-16-27)34(43)44/h9-16,22,28,31H,5-8,17-21H2,1-4H3,(H,36,41)(H,38,40)(H,43,44)/t28-,31+/m0/s1. The summed E-state index contributed by atoms with van der Waals surface area (Å²) in [6.45, 7) is 9.00. The molecule has 0 radical (unpaired) electrons. The first-order valence-electron chi connectivity index (χ1n) is 15.8. The number of rotatable bonds is 15. The van der Waals surface area contributed by atoms with Crippen LogP contribution >= 0.6 is 11.3 Å². The van der Waals surface area contributed by atoms with Gasteiger partial charge < -0.3 is 30.1 Å². The molecule has 2 atom stereocenters. The molecule has 0 spiro atoms. The molecule has 2 heterocycles. The number of likely N-dealkylation sites (tertiary alicyclic amines) is 1. The molecule has 1 fully saturated rings. The van der Waals surface area contributed by atoms with Crippen LogP contribution in [0.5, 0.6) is 5.75 Å². The molecule has 4 rings (SSSR count). The van der Waals surface area contributed by atoms with Gasteiger partial charge in [-0.25, -0.2) is 9.78 Å². The van der Waals surface area contributed by atoms with Crippen molar-refractivity contribution < 1.29 is 33.8 Å². The van der Waals surface area contributed by atoms with E-state index in [1.165, 1.54) is 12.1 Å². The Morgan fingerprint density at radius 3 is 2.38 bits per heavy atom. The van der Waals surface area contributed by atoms with E-state index in [2.05, 4.69) is 15.6 Å². The van der Waals surface area contributed by atoms with Crippen molar-refractivity contribution in [3.05, 3.63) is 70.9 Å². The van der Waals surface area contributed by atoms with Crippen LogP contribution in [-0.2, 0) is 25.7 Å². The molecule has 1 saturated heterocycles. The maximum Gasteiger partial charge on any atom is 0.335 e. The minimum atomic E-state index is -0.990. The van der Waals surface area contributed by atoms with Crippen LogP contribution in [0.3, 0.4) is 0 Å². The summed E-state index contributed by atoms with van der Waals surface area (Å²) >= 11 is 1.59. The van der Waals surface area contributed by atoms with Gasteiger partial charge in [0.1, 0.15) is 24.4 Å². The number of thiazole rings is 1. The van der Waals surface area contributed by atoms with Gasteiger partial charge in [-0.1, -0.05) is 45.0 Å². The predicted octanol–water partition coefficient (Wildman–Crippen LogP) is 4.83. The number of benzene rings is 2. The molecule has 0 bridgehead atoms. The predicted molar refractivity (Wildman–Crippen MR) is 179 cm³/mol. The summed E-state index contributed by atoms with van der Waals surface area (Å²) in [5, 5.41) is 14.8. The Balaban J connectivity index is 1.20. The largest absolute Gasteiger partial charge is 0.494 e. The average Bonchev–Trinajstić information content (AvgIpc) is 3.71. The van der Waals surface area contributed by atoms with Crippen LogP contribution < -0.4 is 15.4 Å². The minimum Gasteiger partial charge on any atom is -0.494 e. The maximum absolute atomic E-state index is 13.8. The lowest BCUT2D eigenvalue weighted by atomic mass is 9.85. The summed E-state index contributed by atoms with van der Waals surface area (Å²) in [4.78, 5) is 57.8. The molecular formula is C35H44N4O7S. The number of amides is 3. The topological polar surface area (TPSA) is 147 Å². The molecule has 11 nitrogen and oxygen atoms in total. The van der Waals surface area contributed by atoms with Crippen LogP contribution in [0.2, 0.25) is 0 Å². The van der Waals surface area contributed by atoms with E-state index in [-0.39, 0.29) is 24.0 Å². The number of ether oxygens (including phenoxy) is 2. The Morgan fingerprint density at radius 1 is 1.04 bits per heavy atom. The fourth-order valence-corrected chi connectivity index (χ4v) is 6.15. The summed E-state index contributed by atoms with van der Waals surface area (Å²) in [5.74, 6) is -1.29. The summed E-state index contributed by atoms with van der Waals surface area (Å²) < 4.78 is 11.2. The van der Waals surface area contributed by atoms with Crippen molar-refractivity contribution in [2.24, 2.45) is 5.41 Å². The highest BCUT2D eigenvalue weighted by Crippen LogP contribution is 2.28. The van der Waals surface area contributed by atoms with Crippen LogP contribution in [0.25, 0.3) is 10.4 Å². The SMILES string of the molecule is Cc1ncsc1-c1ccc(CNC(=O)[C@@H]2CCCN2C(=O)[C@@H](NC(=O)COCCCCOc2ccc(C(=O)O)cc2)C(C)(C)C)cc1. The molecule has 1 aliphatic rings. The molecule has 252 valence electrons. The summed E-state index contributed by atoms with van der Waals surface area (Å²) in [7, 11) is 0. The van der Waals surface area contributed by atoms with Crippen LogP contribution in [0, 0.1) is 12.3 Å². The number of carbonyl (C=O) groups is 4. The van der Waals surface area contributed by atoms with E-state index < -0.39 is 29.4 Å². The third kappa shape index (κ3) is 10.1. The second-order valence-corrected chi connectivity index (χ2v) is 13.5. The van der Waals surface area contributed by atoms with E-state index in [4.69, 9.17) is 14.6 Å². The van der Waals surface area contributed by atoms with E-state index in [9.17, 15) is 19.2 Å². The molecule has 47 heavy (non-hydrogen) atoms. The molecule has 0 saturated carbocycles. The van der Waals surface area contributed by atoms with Crippen molar-refractivity contribution in [1.29, 1.82) is 0 Å². The van der Waals surface area contributed by atoms with Gasteiger partial charge in [-0.2, -0.15) is 0 Å². The molecule has 1 aliphatic heterocycles.